The normalized spacial score (nSPS) is 11.5. The van der Waals surface area contributed by atoms with Crippen molar-refractivity contribution in [2.75, 3.05) is 0 Å². The summed E-state index contributed by atoms with van der Waals surface area (Å²) in [6, 6.07) is 86.5. The SMILES string of the molecule is N#Cc1cc(-c2ccc(-c3cc(-c4ccccc4)nc(-c4ccccc4)n3)cc2)cc(C#N)c1-n1c2ccc(-n3c4ccccc4c4ccccc43)cc2c2cc(-n3c4ccccc4c4ccccc43)ccc21. The van der Waals surface area contributed by atoms with Crippen LogP contribution in [-0.4, -0.2) is 23.7 Å². The summed E-state index contributed by atoms with van der Waals surface area (Å²) in [6.07, 6.45) is 0. The summed E-state index contributed by atoms with van der Waals surface area (Å²) in [7, 11) is 0. The highest BCUT2D eigenvalue weighted by Crippen LogP contribution is 2.42. The van der Waals surface area contributed by atoms with Crippen molar-refractivity contribution in [3.05, 3.63) is 248 Å². The van der Waals surface area contributed by atoms with Crippen LogP contribution in [0.25, 0.3) is 128 Å². The highest BCUT2D eigenvalue weighted by Gasteiger charge is 2.23. The van der Waals surface area contributed by atoms with Crippen LogP contribution in [0.2, 0.25) is 0 Å². The number of para-hydroxylation sites is 4. The van der Waals surface area contributed by atoms with E-state index in [4.69, 9.17) is 9.97 Å². The smallest absolute Gasteiger partial charge is 0.160 e. The van der Waals surface area contributed by atoms with E-state index in [1.165, 1.54) is 21.5 Å². The second-order valence-electron chi connectivity index (χ2n) is 18.4. The van der Waals surface area contributed by atoms with Gasteiger partial charge in [-0.3, -0.25) is 0 Å². The quantitative estimate of drug-likeness (QED) is 0.159. The first-order valence-corrected chi connectivity index (χ1v) is 24.3. The zero-order valence-electron chi connectivity index (χ0n) is 39.1. The Balaban J connectivity index is 0.943. The number of rotatable bonds is 7. The lowest BCUT2D eigenvalue weighted by Gasteiger charge is -2.15. The first-order valence-electron chi connectivity index (χ1n) is 24.3. The lowest BCUT2D eigenvalue weighted by Crippen LogP contribution is -2.03. The number of benzene rings is 10. The zero-order valence-corrected chi connectivity index (χ0v) is 39.1. The van der Waals surface area contributed by atoms with Crippen molar-refractivity contribution in [3.63, 3.8) is 0 Å². The molecule has 4 heterocycles. The van der Waals surface area contributed by atoms with Crippen LogP contribution < -0.4 is 0 Å². The molecule has 0 radical (unpaired) electrons. The number of nitrogens with zero attached hydrogens (tertiary/aromatic N) is 7. The van der Waals surface area contributed by atoms with E-state index in [-0.39, 0.29) is 0 Å². The molecule has 0 atom stereocenters. The van der Waals surface area contributed by atoms with Crippen molar-refractivity contribution in [3.8, 4) is 74.2 Å². The first-order chi connectivity index (χ1) is 36.1. The van der Waals surface area contributed by atoms with E-state index < -0.39 is 0 Å². The van der Waals surface area contributed by atoms with Gasteiger partial charge in [-0.1, -0.05) is 158 Å². The number of nitriles is 2. The van der Waals surface area contributed by atoms with Crippen LogP contribution in [0.1, 0.15) is 11.1 Å². The topological polar surface area (TPSA) is 88.2 Å². The molecule has 7 heteroatoms. The molecule has 73 heavy (non-hydrogen) atoms. The minimum Gasteiger partial charge on any atom is -0.309 e. The van der Waals surface area contributed by atoms with Gasteiger partial charge >= 0.3 is 0 Å². The number of fused-ring (bicyclic) bond motifs is 9. The monoisotopic (exact) mass is 929 g/mol. The fourth-order valence-electron chi connectivity index (χ4n) is 11.0. The molecule has 0 aliphatic carbocycles. The summed E-state index contributed by atoms with van der Waals surface area (Å²) in [6.45, 7) is 0. The third-order valence-electron chi connectivity index (χ3n) is 14.3. The van der Waals surface area contributed by atoms with E-state index in [0.717, 1.165) is 94.5 Å². The van der Waals surface area contributed by atoms with Crippen molar-refractivity contribution < 1.29 is 0 Å². The van der Waals surface area contributed by atoms with Crippen LogP contribution in [0.5, 0.6) is 0 Å². The highest BCUT2D eigenvalue weighted by atomic mass is 15.0. The van der Waals surface area contributed by atoms with Crippen molar-refractivity contribution in [1.82, 2.24) is 23.7 Å². The highest BCUT2D eigenvalue weighted by molar-refractivity contribution is 6.14. The Morgan fingerprint density at radius 2 is 0.658 bits per heavy atom. The Labute approximate surface area is 419 Å². The fraction of sp³-hybridized carbons (Fsp3) is 0. The Kier molecular flexibility index (Phi) is 9.50. The molecule has 338 valence electrons. The maximum atomic E-state index is 11.1. The van der Waals surface area contributed by atoms with E-state index in [1.807, 2.05) is 91.0 Å². The van der Waals surface area contributed by atoms with Gasteiger partial charge in [0.05, 0.1) is 61.3 Å². The van der Waals surface area contributed by atoms with Crippen LogP contribution >= 0.6 is 0 Å². The molecule has 0 saturated heterocycles. The predicted octanol–water partition coefficient (Wildman–Crippen LogP) is 16.2. The van der Waals surface area contributed by atoms with Gasteiger partial charge < -0.3 is 13.7 Å². The zero-order chi connectivity index (χ0) is 48.6. The standard InChI is InChI=1S/C66H39N7/c67-40-47-35-46(42-27-29-44(30-28-42)58-39-57(43-15-3-1-4-16-43)69-66(70-58)45-17-5-2-6-18-45)36-48(41-68)65(47)73-63-33-31-49(71-59-23-11-7-19-51(59)52-20-8-12-24-60(52)71)37-55(63)56-38-50(32-34-64(56)73)72-61-25-13-9-21-53(61)54-22-10-14-26-62(54)72/h1-39H. The van der Waals surface area contributed by atoms with Gasteiger partial charge in [-0.25, -0.2) is 9.97 Å². The lowest BCUT2D eigenvalue weighted by molar-refractivity contribution is 1.14. The molecule has 0 bridgehead atoms. The molecule has 0 N–H and O–H groups in total. The molecule has 0 aliphatic heterocycles. The average Bonchev–Trinajstić information content (AvgIpc) is 4.10. The Bertz CT molecular complexity index is 4250. The summed E-state index contributed by atoms with van der Waals surface area (Å²) < 4.78 is 6.78. The van der Waals surface area contributed by atoms with Gasteiger partial charge in [-0.15, -0.1) is 0 Å². The molecule has 14 aromatic rings. The molecule has 0 saturated carbocycles. The van der Waals surface area contributed by atoms with E-state index >= 15 is 0 Å². The summed E-state index contributed by atoms with van der Waals surface area (Å²) in [5, 5.41) is 29.0. The molecular formula is C66H39N7. The largest absolute Gasteiger partial charge is 0.309 e. The third-order valence-corrected chi connectivity index (χ3v) is 14.3. The molecular weight excluding hydrogens is 891 g/mol. The summed E-state index contributed by atoms with van der Waals surface area (Å²) >= 11 is 0. The van der Waals surface area contributed by atoms with Gasteiger partial charge in [0.2, 0.25) is 0 Å². The minimum atomic E-state index is 0.394. The number of hydrogen-bond donors (Lipinski definition) is 0. The van der Waals surface area contributed by atoms with E-state index in [1.54, 1.807) is 0 Å². The molecule has 4 aromatic heterocycles. The summed E-state index contributed by atoms with van der Waals surface area (Å²) in [5.74, 6) is 0.643. The van der Waals surface area contributed by atoms with Crippen LogP contribution in [0.4, 0.5) is 0 Å². The number of aromatic nitrogens is 5. The van der Waals surface area contributed by atoms with Crippen molar-refractivity contribution >= 4 is 65.4 Å². The summed E-state index contributed by atoms with van der Waals surface area (Å²) in [5.41, 5.74) is 15.7. The molecule has 7 nitrogen and oxygen atoms in total. The molecule has 0 spiro atoms. The van der Waals surface area contributed by atoms with Gasteiger partial charge in [-0.2, -0.15) is 10.5 Å². The van der Waals surface area contributed by atoms with Crippen LogP contribution in [0, 0.1) is 22.7 Å². The minimum absolute atomic E-state index is 0.394. The van der Waals surface area contributed by atoms with Gasteiger partial charge in [0.25, 0.3) is 0 Å². The Hall–Kier alpha value is -10.3. The van der Waals surface area contributed by atoms with Gasteiger partial charge in [0.1, 0.15) is 12.1 Å². The molecule has 0 unspecified atom stereocenters. The van der Waals surface area contributed by atoms with Crippen molar-refractivity contribution in [2.45, 2.75) is 0 Å². The molecule has 10 aromatic carbocycles. The maximum Gasteiger partial charge on any atom is 0.160 e. The molecule has 14 rings (SSSR count). The van der Waals surface area contributed by atoms with Crippen LogP contribution in [0.3, 0.4) is 0 Å². The van der Waals surface area contributed by atoms with Gasteiger partial charge in [0, 0.05) is 60.4 Å². The predicted molar refractivity (Wildman–Crippen MR) is 296 cm³/mol. The van der Waals surface area contributed by atoms with Crippen molar-refractivity contribution in [1.29, 1.82) is 10.5 Å². The second-order valence-corrected chi connectivity index (χ2v) is 18.4. The third kappa shape index (κ3) is 6.65. The number of hydrogen-bond acceptors (Lipinski definition) is 4. The lowest BCUT2D eigenvalue weighted by atomic mass is 9.96. The molecule has 0 fully saturated rings. The summed E-state index contributed by atoms with van der Waals surface area (Å²) in [4.78, 5) is 10.0. The van der Waals surface area contributed by atoms with Crippen LogP contribution in [0.15, 0.2) is 237 Å². The van der Waals surface area contributed by atoms with Gasteiger partial charge in [0.15, 0.2) is 5.82 Å². The Morgan fingerprint density at radius 1 is 0.288 bits per heavy atom. The molecule has 0 aliphatic rings. The van der Waals surface area contributed by atoms with E-state index in [9.17, 15) is 10.5 Å². The van der Waals surface area contributed by atoms with Crippen LogP contribution in [-0.2, 0) is 0 Å². The fourth-order valence-corrected chi connectivity index (χ4v) is 11.0. The van der Waals surface area contributed by atoms with E-state index in [2.05, 4.69) is 171 Å². The van der Waals surface area contributed by atoms with Crippen molar-refractivity contribution in [2.24, 2.45) is 0 Å². The average molecular weight is 930 g/mol. The maximum absolute atomic E-state index is 11.1. The van der Waals surface area contributed by atoms with Gasteiger partial charge in [-0.05, 0) is 90.0 Å². The first kappa shape index (κ1) is 41.6. The molecule has 0 amide bonds. The van der Waals surface area contributed by atoms with E-state index in [0.29, 0.717) is 22.6 Å². The second kappa shape index (κ2) is 16.7. The Morgan fingerprint density at radius 3 is 1.10 bits per heavy atom.